The molecular weight excluding hydrogens is 214 g/mol. The first-order valence-electron chi connectivity index (χ1n) is 5.14. The van der Waals surface area contributed by atoms with Crippen LogP contribution in [0.5, 0.6) is 0 Å². The van der Waals surface area contributed by atoms with Crippen LogP contribution in [0.25, 0.3) is 22.9 Å². The van der Waals surface area contributed by atoms with Crippen LogP contribution in [0.15, 0.2) is 43.5 Å². The maximum atomic E-state index is 11.2. The first-order valence-corrected chi connectivity index (χ1v) is 5.14. The SMILES string of the molecule is C=Cc1cc2ccccc2c([N+](=O)[O-])c1C=C. The fourth-order valence-electron chi connectivity index (χ4n) is 1.95. The molecule has 0 aromatic heterocycles. The number of hydrogen-bond acceptors (Lipinski definition) is 2. The van der Waals surface area contributed by atoms with Crippen LogP contribution >= 0.6 is 0 Å². The second-order valence-electron chi connectivity index (χ2n) is 3.61. The fourth-order valence-corrected chi connectivity index (χ4v) is 1.95. The van der Waals surface area contributed by atoms with Crippen molar-refractivity contribution >= 4 is 28.6 Å². The zero-order chi connectivity index (χ0) is 12.4. The molecule has 3 nitrogen and oxygen atoms in total. The minimum absolute atomic E-state index is 0.0907. The van der Waals surface area contributed by atoms with E-state index in [-0.39, 0.29) is 10.6 Å². The van der Waals surface area contributed by atoms with Gasteiger partial charge in [0, 0.05) is 0 Å². The lowest BCUT2D eigenvalue weighted by Crippen LogP contribution is -1.95. The van der Waals surface area contributed by atoms with Crippen molar-refractivity contribution < 1.29 is 4.92 Å². The minimum atomic E-state index is -0.369. The Bertz CT molecular complexity index is 629. The van der Waals surface area contributed by atoms with Gasteiger partial charge in [-0.25, -0.2) is 0 Å². The van der Waals surface area contributed by atoms with Gasteiger partial charge in [0.1, 0.15) is 0 Å². The molecule has 2 aromatic carbocycles. The molecule has 0 saturated heterocycles. The van der Waals surface area contributed by atoms with E-state index in [1.807, 2.05) is 18.2 Å². The molecule has 2 rings (SSSR count). The number of rotatable bonds is 3. The van der Waals surface area contributed by atoms with Gasteiger partial charge < -0.3 is 0 Å². The average Bonchev–Trinajstić information content (AvgIpc) is 2.35. The van der Waals surface area contributed by atoms with Crippen LogP contribution in [0.4, 0.5) is 5.69 Å². The molecule has 17 heavy (non-hydrogen) atoms. The van der Waals surface area contributed by atoms with Gasteiger partial charge in [0.05, 0.1) is 15.9 Å². The summed E-state index contributed by atoms with van der Waals surface area (Å²) < 4.78 is 0. The molecular formula is C14H11NO2. The molecule has 0 spiro atoms. The summed E-state index contributed by atoms with van der Waals surface area (Å²) in [6.45, 7) is 7.31. The molecule has 0 bridgehead atoms. The monoisotopic (exact) mass is 225 g/mol. The van der Waals surface area contributed by atoms with Gasteiger partial charge in [0.15, 0.2) is 0 Å². The zero-order valence-electron chi connectivity index (χ0n) is 9.22. The van der Waals surface area contributed by atoms with E-state index in [9.17, 15) is 10.1 Å². The molecule has 0 unspecified atom stereocenters. The van der Waals surface area contributed by atoms with Crippen molar-refractivity contribution in [3.63, 3.8) is 0 Å². The molecule has 0 aliphatic carbocycles. The van der Waals surface area contributed by atoms with Gasteiger partial charge in [-0.2, -0.15) is 0 Å². The largest absolute Gasteiger partial charge is 0.284 e. The molecule has 0 N–H and O–H groups in total. The topological polar surface area (TPSA) is 43.1 Å². The summed E-state index contributed by atoms with van der Waals surface area (Å²) >= 11 is 0. The van der Waals surface area contributed by atoms with E-state index in [1.165, 1.54) is 6.08 Å². The number of nitro groups is 1. The highest BCUT2D eigenvalue weighted by atomic mass is 16.6. The second kappa shape index (κ2) is 4.22. The summed E-state index contributed by atoms with van der Waals surface area (Å²) in [4.78, 5) is 10.8. The quantitative estimate of drug-likeness (QED) is 0.584. The molecule has 0 aliphatic heterocycles. The molecule has 0 radical (unpaired) electrons. The smallest absolute Gasteiger partial charge is 0.258 e. The molecule has 2 aromatic rings. The molecule has 0 aliphatic rings. The van der Waals surface area contributed by atoms with Crippen LogP contribution in [0.2, 0.25) is 0 Å². The predicted molar refractivity (Wildman–Crippen MR) is 70.8 cm³/mol. The Morgan fingerprint density at radius 1 is 1.18 bits per heavy atom. The van der Waals surface area contributed by atoms with Crippen molar-refractivity contribution in [3.8, 4) is 0 Å². The van der Waals surface area contributed by atoms with Crippen molar-refractivity contribution in [2.24, 2.45) is 0 Å². The van der Waals surface area contributed by atoms with E-state index in [0.29, 0.717) is 10.9 Å². The highest BCUT2D eigenvalue weighted by Gasteiger charge is 2.18. The van der Waals surface area contributed by atoms with Crippen LogP contribution < -0.4 is 0 Å². The van der Waals surface area contributed by atoms with Crippen LogP contribution in [-0.4, -0.2) is 4.92 Å². The average molecular weight is 225 g/mol. The molecule has 0 amide bonds. The van der Waals surface area contributed by atoms with Crippen LogP contribution in [0.1, 0.15) is 11.1 Å². The summed E-state index contributed by atoms with van der Waals surface area (Å²) in [5.41, 5.74) is 1.34. The van der Waals surface area contributed by atoms with Crippen molar-refractivity contribution in [1.82, 2.24) is 0 Å². The summed E-state index contributed by atoms with van der Waals surface area (Å²) in [7, 11) is 0. The Balaban J connectivity index is 3.01. The van der Waals surface area contributed by atoms with E-state index < -0.39 is 0 Å². The van der Waals surface area contributed by atoms with Crippen molar-refractivity contribution in [2.45, 2.75) is 0 Å². The molecule has 0 atom stereocenters. The number of hydrogen-bond donors (Lipinski definition) is 0. The van der Waals surface area contributed by atoms with Gasteiger partial charge in [-0.1, -0.05) is 43.5 Å². The maximum absolute atomic E-state index is 11.2. The van der Waals surface area contributed by atoms with E-state index in [4.69, 9.17) is 0 Å². The molecule has 0 fully saturated rings. The van der Waals surface area contributed by atoms with Gasteiger partial charge in [0.25, 0.3) is 5.69 Å². The lowest BCUT2D eigenvalue weighted by Gasteiger charge is -2.06. The van der Waals surface area contributed by atoms with Gasteiger partial charge in [-0.15, -0.1) is 0 Å². The van der Waals surface area contributed by atoms with E-state index in [0.717, 1.165) is 10.9 Å². The Kier molecular flexibility index (Phi) is 2.75. The van der Waals surface area contributed by atoms with Gasteiger partial charge in [-0.05, 0) is 23.1 Å². The molecule has 84 valence electrons. The van der Waals surface area contributed by atoms with Crippen LogP contribution in [-0.2, 0) is 0 Å². The van der Waals surface area contributed by atoms with Gasteiger partial charge in [-0.3, -0.25) is 10.1 Å². The van der Waals surface area contributed by atoms with Gasteiger partial charge >= 0.3 is 0 Å². The minimum Gasteiger partial charge on any atom is -0.258 e. The third kappa shape index (κ3) is 1.72. The van der Waals surface area contributed by atoms with Crippen molar-refractivity contribution in [1.29, 1.82) is 0 Å². The van der Waals surface area contributed by atoms with E-state index >= 15 is 0 Å². The number of nitrogens with zero attached hydrogens (tertiary/aromatic N) is 1. The standard InChI is InChI=1S/C14H11NO2/c1-3-10-9-11-7-5-6-8-13(11)14(15(16)17)12(10)4-2/h3-9H,1-2H2. The van der Waals surface area contributed by atoms with Gasteiger partial charge in [0.2, 0.25) is 0 Å². The maximum Gasteiger partial charge on any atom is 0.284 e. The molecule has 0 heterocycles. The fraction of sp³-hybridized carbons (Fsp3) is 0. The summed E-state index contributed by atoms with van der Waals surface area (Å²) in [5.74, 6) is 0. The zero-order valence-corrected chi connectivity index (χ0v) is 9.22. The Hall–Kier alpha value is -2.42. The van der Waals surface area contributed by atoms with Crippen molar-refractivity contribution in [2.75, 3.05) is 0 Å². The lowest BCUT2D eigenvalue weighted by molar-refractivity contribution is -0.383. The number of nitro benzene ring substituents is 1. The Morgan fingerprint density at radius 3 is 2.47 bits per heavy atom. The first-order chi connectivity index (χ1) is 8.19. The lowest BCUT2D eigenvalue weighted by atomic mass is 9.98. The highest BCUT2D eigenvalue weighted by Crippen LogP contribution is 2.33. The van der Waals surface area contributed by atoms with E-state index in [1.54, 1.807) is 18.2 Å². The summed E-state index contributed by atoms with van der Waals surface area (Å²) in [6, 6.07) is 9.12. The summed E-state index contributed by atoms with van der Waals surface area (Å²) in [5, 5.41) is 12.6. The second-order valence-corrected chi connectivity index (χ2v) is 3.61. The van der Waals surface area contributed by atoms with Crippen LogP contribution in [0.3, 0.4) is 0 Å². The van der Waals surface area contributed by atoms with Crippen molar-refractivity contribution in [3.05, 3.63) is 64.7 Å². The Labute approximate surface area is 98.8 Å². The predicted octanol–water partition coefficient (Wildman–Crippen LogP) is 4.03. The molecule has 3 heteroatoms. The van der Waals surface area contributed by atoms with Crippen LogP contribution in [0, 0.1) is 10.1 Å². The highest BCUT2D eigenvalue weighted by molar-refractivity contribution is 5.97. The first kappa shape index (κ1) is 11.1. The third-order valence-electron chi connectivity index (χ3n) is 2.70. The van der Waals surface area contributed by atoms with E-state index in [2.05, 4.69) is 13.2 Å². The normalized spacial score (nSPS) is 10.1. The number of fused-ring (bicyclic) bond motifs is 1. The molecule has 0 saturated carbocycles. The third-order valence-corrected chi connectivity index (χ3v) is 2.70. The Morgan fingerprint density at radius 2 is 1.88 bits per heavy atom. The summed E-state index contributed by atoms with van der Waals surface area (Å²) in [6.07, 6.45) is 3.11. The number of benzene rings is 2.